The Bertz CT molecular complexity index is 666. The smallest absolute Gasteiger partial charge is 0.224 e. The number of benzene rings is 2. The minimum Gasteiger partial charge on any atom is -0.497 e. The summed E-state index contributed by atoms with van der Waals surface area (Å²) in [4.78, 5) is 12.2. The predicted octanol–water partition coefficient (Wildman–Crippen LogP) is 2.01. The first-order valence-electron chi connectivity index (χ1n) is 7.35. The van der Waals surface area contributed by atoms with E-state index in [4.69, 9.17) is 4.74 Å². The zero-order chi connectivity index (χ0) is 15.5. The van der Waals surface area contributed by atoms with Gasteiger partial charge in [0.05, 0.1) is 25.7 Å². The van der Waals surface area contributed by atoms with Gasteiger partial charge in [-0.3, -0.25) is 4.79 Å². The molecule has 4 nitrogen and oxygen atoms in total. The maximum absolute atomic E-state index is 12.2. The van der Waals surface area contributed by atoms with Crippen LogP contribution < -0.4 is 10.1 Å². The molecular weight excluding hydrogens is 278 g/mol. The summed E-state index contributed by atoms with van der Waals surface area (Å²) in [5.41, 5.74) is 2.94. The Morgan fingerprint density at radius 2 is 1.95 bits per heavy atom. The lowest BCUT2D eigenvalue weighted by molar-refractivity contribution is -0.121. The third-order valence-electron chi connectivity index (χ3n) is 4.06. The summed E-state index contributed by atoms with van der Waals surface area (Å²) in [7, 11) is 1.61. The van der Waals surface area contributed by atoms with Crippen LogP contribution in [0.25, 0.3) is 0 Å². The van der Waals surface area contributed by atoms with Crippen molar-refractivity contribution in [3.63, 3.8) is 0 Å². The fourth-order valence-electron chi connectivity index (χ4n) is 2.89. The van der Waals surface area contributed by atoms with Gasteiger partial charge in [-0.15, -0.1) is 0 Å². The molecule has 2 atom stereocenters. The Kier molecular flexibility index (Phi) is 4.11. The fourth-order valence-corrected chi connectivity index (χ4v) is 2.89. The van der Waals surface area contributed by atoms with Crippen molar-refractivity contribution in [2.45, 2.75) is 25.0 Å². The molecule has 2 aromatic carbocycles. The maximum atomic E-state index is 12.2. The average molecular weight is 297 g/mol. The van der Waals surface area contributed by atoms with Crippen LogP contribution in [0.5, 0.6) is 5.75 Å². The van der Waals surface area contributed by atoms with Gasteiger partial charge < -0.3 is 15.2 Å². The van der Waals surface area contributed by atoms with Crippen LogP contribution in [0.15, 0.2) is 48.5 Å². The number of aliphatic hydroxyl groups excluding tert-OH is 1. The molecule has 1 aliphatic carbocycles. The van der Waals surface area contributed by atoms with E-state index in [9.17, 15) is 9.90 Å². The molecule has 22 heavy (non-hydrogen) atoms. The maximum Gasteiger partial charge on any atom is 0.224 e. The average Bonchev–Trinajstić information content (AvgIpc) is 2.84. The molecule has 0 saturated carbocycles. The molecule has 1 aliphatic rings. The van der Waals surface area contributed by atoms with Gasteiger partial charge in [-0.2, -0.15) is 0 Å². The van der Waals surface area contributed by atoms with Crippen molar-refractivity contribution in [3.05, 3.63) is 65.2 Å². The zero-order valence-electron chi connectivity index (χ0n) is 12.5. The van der Waals surface area contributed by atoms with Gasteiger partial charge in [0.1, 0.15) is 5.75 Å². The van der Waals surface area contributed by atoms with Crippen molar-refractivity contribution in [1.29, 1.82) is 0 Å². The second-order valence-electron chi connectivity index (χ2n) is 5.55. The normalized spacial score (nSPS) is 19.5. The van der Waals surface area contributed by atoms with Crippen LogP contribution >= 0.6 is 0 Å². The van der Waals surface area contributed by atoms with E-state index in [2.05, 4.69) is 5.32 Å². The lowest BCUT2D eigenvalue weighted by atomic mass is 10.1. The monoisotopic (exact) mass is 297 g/mol. The van der Waals surface area contributed by atoms with E-state index in [-0.39, 0.29) is 11.9 Å². The number of carbonyl (C=O) groups excluding carboxylic acids is 1. The summed E-state index contributed by atoms with van der Waals surface area (Å²) in [6, 6.07) is 14.9. The molecule has 2 aromatic rings. The summed E-state index contributed by atoms with van der Waals surface area (Å²) < 4.78 is 5.10. The van der Waals surface area contributed by atoms with E-state index in [0.717, 1.165) is 22.4 Å². The molecule has 4 heteroatoms. The van der Waals surface area contributed by atoms with E-state index in [1.807, 2.05) is 48.5 Å². The van der Waals surface area contributed by atoms with Gasteiger partial charge in [0, 0.05) is 0 Å². The molecule has 0 heterocycles. The Hall–Kier alpha value is -2.33. The minimum absolute atomic E-state index is 0.0815. The van der Waals surface area contributed by atoms with Crippen LogP contribution in [-0.4, -0.2) is 24.2 Å². The molecule has 3 rings (SSSR count). The van der Waals surface area contributed by atoms with Crippen LogP contribution in [0, 0.1) is 0 Å². The van der Waals surface area contributed by atoms with E-state index >= 15 is 0 Å². The van der Waals surface area contributed by atoms with E-state index < -0.39 is 6.10 Å². The topological polar surface area (TPSA) is 58.6 Å². The number of ether oxygens (including phenoxy) is 1. The SMILES string of the molecule is COc1ccc(CC(=O)NC2Cc3ccccc3C2O)cc1. The largest absolute Gasteiger partial charge is 0.497 e. The minimum atomic E-state index is -0.629. The van der Waals surface area contributed by atoms with Crippen molar-refractivity contribution in [2.24, 2.45) is 0 Å². The molecule has 1 amide bonds. The van der Waals surface area contributed by atoms with Gasteiger partial charge in [-0.1, -0.05) is 36.4 Å². The lowest BCUT2D eigenvalue weighted by Gasteiger charge is -2.17. The van der Waals surface area contributed by atoms with Crippen LogP contribution in [0.1, 0.15) is 22.8 Å². The molecule has 0 aliphatic heterocycles. The van der Waals surface area contributed by atoms with E-state index in [0.29, 0.717) is 12.8 Å². The van der Waals surface area contributed by atoms with E-state index in [1.165, 1.54) is 0 Å². The van der Waals surface area contributed by atoms with E-state index in [1.54, 1.807) is 7.11 Å². The predicted molar refractivity (Wildman–Crippen MR) is 83.7 cm³/mol. The fraction of sp³-hybridized carbons (Fsp3) is 0.278. The van der Waals surface area contributed by atoms with Gasteiger partial charge in [-0.05, 0) is 35.2 Å². The highest BCUT2D eigenvalue weighted by molar-refractivity contribution is 5.79. The Balaban J connectivity index is 1.61. The Labute approximate surface area is 129 Å². The number of hydrogen-bond acceptors (Lipinski definition) is 3. The molecule has 2 unspecified atom stereocenters. The summed E-state index contributed by atoms with van der Waals surface area (Å²) in [6.45, 7) is 0. The molecule has 0 aromatic heterocycles. The molecular formula is C18H19NO3. The van der Waals surface area contributed by atoms with Crippen molar-refractivity contribution in [3.8, 4) is 5.75 Å². The van der Waals surface area contributed by atoms with Crippen molar-refractivity contribution in [1.82, 2.24) is 5.32 Å². The Morgan fingerprint density at radius 1 is 1.23 bits per heavy atom. The molecule has 0 bridgehead atoms. The number of methoxy groups -OCH3 is 1. The molecule has 0 radical (unpaired) electrons. The third kappa shape index (κ3) is 2.97. The summed E-state index contributed by atoms with van der Waals surface area (Å²) in [5.74, 6) is 0.688. The first-order valence-corrected chi connectivity index (χ1v) is 7.35. The van der Waals surface area contributed by atoms with Gasteiger partial charge in [0.25, 0.3) is 0 Å². The van der Waals surface area contributed by atoms with Gasteiger partial charge in [0.2, 0.25) is 5.91 Å². The van der Waals surface area contributed by atoms with Crippen LogP contribution in [0.4, 0.5) is 0 Å². The highest BCUT2D eigenvalue weighted by atomic mass is 16.5. The van der Waals surface area contributed by atoms with Crippen molar-refractivity contribution >= 4 is 5.91 Å². The number of rotatable bonds is 4. The molecule has 0 fully saturated rings. The third-order valence-corrected chi connectivity index (χ3v) is 4.06. The molecule has 0 saturated heterocycles. The molecule has 0 spiro atoms. The highest BCUT2D eigenvalue weighted by Crippen LogP contribution is 2.31. The van der Waals surface area contributed by atoms with Crippen LogP contribution in [0.3, 0.4) is 0 Å². The number of amides is 1. The van der Waals surface area contributed by atoms with Crippen LogP contribution in [0.2, 0.25) is 0 Å². The number of hydrogen-bond donors (Lipinski definition) is 2. The van der Waals surface area contributed by atoms with Crippen LogP contribution in [-0.2, 0) is 17.6 Å². The van der Waals surface area contributed by atoms with Gasteiger partial charge >= 0.3 is 0 Å². The number of nitrogens with one attached hydrogen (secondary N) is 1. The second kappa shape index (κ2) is 6.20. The quantitative estimate of drug-likeness (QED) is 0.907. The number of carbonyl (C=O) groups is 1. The van der Waals surface area contributed by atoms with Crippen molar-refractivity contribution in [2.75, 3.05) is 7.11 Å². The van der Waals surface area contributed by atoms with Gasteiger partial charge in [0.15, 0.2) is 0 Å². The molecule has 114 valence electrons. The first kappa shape index (κ1) is 14.6. The summed E-state index contributed by atoms with van der Waals surface area (Å²) in [5, 5.41) is 13.2. The number of aliphatic hydroxyl groups is 1. The molecule has 2 N–H and O–H groups in total. The highest BCUT2D eigenvalue weighted by Gasteiger charge is 2.31. The summed E-state index contributed by atoms with van der Waals surface area (Å²) >= 11 is 0. The number of fused-ring (bicyclic) bond motifs is 1. The Morgan fingerprint density at radius 3 is 2.64 bits per heavy atom. The lowest BCUT2D eigenvalue weighted by Crippen LogP contribution is -2.38. The summed E-state index contributed by atoms with van der Waals surface area (Å²) in [6.07, 6.45) is 0.339. The standard InChI is InChI=1S/C18H19NO3/c1-22-14-8-6-12(7-9-14)10-17(20)19-16-11-13-4-2-3-5-15(13)18(16)21/h2-9,16,18,21H,10-11H2,1H3,(H,19,20). The second-order valence-corrected chi connectivity index (χ2v) is 5.55. The zero-order valence-corrected chi connectivity index (χ0v) is 12.5. The van der Waals surface area contributed by atoms with Crippen molar-refractivity contribution < 1.29 is 14.6 Å². The first-order chi connectivity index (χ1) is 10.7. The van der Waals surface area contributed by atoms with Gasteiger partial charge in [-0.25, -0.2) is 0 Å².